The normalized spacial score (nSPS) is 15.1. The highest BCUT2D eigenvalue weighted by atomic mass is 16.6. The molecule has 1 aliphatic rings. The molecule has 2 N–H and O–H groups in total. The molecular weight excluding hydrogens is 506 g/mol. The van der Waals surface area contributed by atoms with E-state index in [0.29, 0.717) is 29.1 Å². The van der Waals surface area contributed by atoms with Crippen LogP contribution in [0.15, 0.2) is 71.3 Å². The smallest absolute Gasteiger partial charge is 0.336 e. The van der Waals surface area contributed by atoms with Gasteiger partial charge >= 0.3 is 11.9 Å². The molecule has 1 atom stereocenters. The number of esters is 2. The summed E-state index contributed by atoms with van der Waals surface area (Å²) in [5.74, 6) is -2.74. The number of rotatable bonds is 11. The highest BCUT2D eigenvalue weighted by Crippen LogP contribution is 2.40. The molecule has 3 rings (SSSR count). The number of aromatic nitrogens is 1. The van der Waals surface area contributed by atoms with Gasteiger partial charge in [0.1, 0.15) is 13.2 Å². The van der Waals surface area contributed by atoms with Crippen LogP contribution in [0.2, 0.25) is 0 Å². The number of nitrogens with zero attached hydrogens (tertiary/aromatic N) is 3. The zero-order valence-corrected chi connectivity index (χ0v) is 22.2. The van der Waals surface area contributed by atoms with E-state index >= 15 is 0 Å². The van der Waals surface area contributed by atoms with Gasteiger partial charge in [0.05, 0.1) is 34.1 Å². The molecule has 2 heterocycles. The Bertz CT molecular complexity index is 1300. The Kier molecular flexibility index (Phi) is 9.87. The van der Waals surface area contributed by atoms with Gasteiger partial charge in [-0.15, -0.1) is 0 Å². The van der Waals surface area contributed by atoms with Crippen molar-refractivity contribution >= 4 is 23.5 Å². The molecule has 0 spiro atoms. The maximum Gasteiger partial charge on any atom is 0.336 e. The van der Waals surface area contributed by atoms with Crippen LogP contribution in [0.4, 0.5) is 5.69 Å². The minimum atomic E-state index is -0.976. The molecular formula is C27H31N5O7. The van der Waals surface area contributed by atoms with Crippen molar-refractivity contribution in [2.75, 3.05) is 40.4 Å². The number of dihydropyridines is 1. The van der Waals surface area contributed by atoms with E-state index in [1.165, 1.54) is 24.4 Å². The number of carbonyl (C=O) groups is 3. The van der Waals surface area contributed by atoms with Crippen molar-refractivity contribution in [3.8, 4) is 0 Å². The number of hydrogen-bond acceptors (Lipinski definition) is 10. The summed E-state index contributed by atoms with van der Waals surface area (Å²) < 4.78 is 10.9. The van der Waals surface area contributed by atoms with Crippen LogP contribution in [0, 0.1) is 10.1 Å². The monoisotopic (exact) mass is 537 g/mol. The summed E-state index contributed by atoms with van der Waals surface area (Å²) >= 11 is 0. The number of nitrogens with one attached hydrogen (secondary N) is 2. The third-order valence-corrected chi connectivity index (χ3v) is 5.93. The second kappa shape index (κ2) is 13.3. The zero-order valence-electron chi connectivity index (χ0n) is 22.2. The number of benzene rings is 1. The van der Waals surface area contributed by atoms with Crippen LogP contribution in [0.25, 0.3) is 0 Å². The van der Waals surface area contributed by atoms with E-state index in [1.807, 2.05) is 19.0 Å². The summed E-state index contributed by atoms with van der Waals surface area (Å²) in [4.78, 5) is 55.5. The van der Waals surface area contributed by atoms with Gasteiger partial charge in [-0.3, -0.25) is 19.9 Å². The SMILES string of the molecule is CC1=C(C(=O)OCCNC(=O)c2cccnc2)[C@@H](c2cccc([N+](=O)[O-])c2)C(C(=O)OCCN(C)C)=C(C)N1. The third-order valence-electron chi connectivity index (χ3n) is 5.93. The quantitative estimate of drug-likeness (QED) is 0.189. The van der Waals surface area contributed by atoms with Crippen molar-refractivity contribution in [3.05, 3.63) is 92.6 Å². The second-order valence-electron chi connectivity index (χ2n) is 9.06. The van der Waals surface area contributed by atoms with Crippen LogP contribution in [0.1, 0.15) is 35.7 Å². The Balaban J connectivity index is 1.85. The number of amides is 1. The lowest BCUT2D eigenvalue weighted by Crippen LogP contribution is -2.34. The number of hydrogen-bond donors (Lipinski definition) is 2. The van der Waals surface area contributed by atoms with Crippen LogP contribution in [-0.2, 0) is 19.1 Å². The molecule has 0 saturated heterocycles. The predicted octanol–water partition coefficient (Wildman–Crippen LogP) is 2.30. The van der Waals surface area contributed by atoms with Crippen molar-refractivity contribution in [1.29, 1.82) is 0 Å². The summed E-state index contributed by atoms with van der Waals surface area (Å²) in [5.41, 5.74) is 1.68. The second-order valence-corrected chi connectivity index (χ2v) is 9.06. The van der Waals surface area contributed by atoms with E-state index in [1.54, 1.807) is 38.2 Å². The number of non-ortho nitro benzene ring substituents is 1. The van der Waals surface area contributed by atoms with E-state index in [-0.39, 0.29) is 42.5 Å². The first-order chi connectivity index (χ1) is 18.6. The van der Waals surface area contributed by atoms with Crippen LogP contribution in [0.5, 0.6) is 0 Å². The van der Waals surface area contributed by atoms with E-state index < -0.39 is 22.8 Å². The number of ether oxygens (including phenoxy) is 2. The lowest BCUT2D eigenvalue weighted by atomic mass is 9.80. The first-order valence-corrected chi connectivity index (χ1v) is 12.2. The molecule has 1 amide bonds. The molecule has 1 aliphatic heterocycles. The van der Waals surface area contributed by atoms with Crippen molar-refractivity contribution in [1.82, 2.24) is 20.5 Å². The number of likely N-dealkylation sites (N-methyl/N-ethyl adjacent to an activating group) is 1. The van der Waals surface area contributed by atoms with Gasteiger partial charge in [-0.05, 0) is 45.6 Å². The minimum Gasteiger partial charge on any atom is -0.461 e. The molecule has 0 unspecified atom stereocenters. The standard InChI is InChI=1S/C27H31N5O7/c1-17-22(26(34)38-13-11-29-25(33)20-8-6-10-28-16-20)24(19-7-5-9-21(15-19)32(36)37)23(18(2)30-17)27(35)39-14-12-31(3)4/h5-10,15-16,24,30H,11-14H2,1-4H3,(H,29,33)/t24-/m1/s1. The van der Waals surface area contributed by atoms with Crippen LogP contribution >= 0.6 is 0 Å². The van der Waals surface area contributed by atoms with Gasteiger partial charge in [0.25, 0.3) is 11.6 Å². The zero-order chi connectivity index (χ0) is 28.5. The van der Waals surface area contributed by atoms with Crippen molar-refractivity contribution < 1.29 is 28.8 Å². The molecule has 0 fully saturated rings. The van der Waals surface area contributed by atoms with Crippen molar-refractivity contribution in [2.24, 2.45) is 0 Å². The minimum absolute atomic E-state index is 0.0367. The summed E-state index contributed by atoms with van der Waals surface area (Å²) in [7, 11) is 3.68. The Hall–Kier alpha value is -4.58. The van der Waals surface area contributed by atoms with Crippen LogP contribution in [0.3, 0.4) is 0 Å². The lowest BCUT2D eigenvalue weighted by Gasteiger charge is -2.30. The van der Waals surface area contributed by atoms with Gasteiger partial charge in [0.2, 0.25) is 0 Å². The van der Waals surface area contributed by atoms with Gasteiger partial charge in [-0.1, -0.05) is 12.1 Å². The van der Waals surface area contributed by atoms with Crippen molar-refractivity contribution in [3.63, 3.8) is 0 Å². The highest BCUT2D eigenvalue weighted by Gasteiger charge is 2.38. The van der Waals surface area contributed by atoms with Crippen LogP contribution in [-0.4, -0.2) is 73.1 Å². The molecule has 206 valence electrons. The number of allylic oxidation sites excluding steroid dienone is 2. The van der Waals surface area contributed by atoms with Gasteiger partial charge < -0.3 is 25.0 Å². The summed E-state index contributed by atoms with van der Waals surface area (Å²) in [6.45, 7) is 3.82. The summed E-state index contributed by atoms with van der Waals surface area (Å²) in [5, 5.41) is 17.2. The fourth-order valence-electron chi connectivity index (χ4n) is 4.07. The highest BCUT2D eigenvalue weighted by molar-refractivity contribution is 6.00. The maximum absolute atomic E-state index is 13.3. The Morgan fingerprint density at radius 2 is 1.72 bits per heavy atom. The van der Waals surface area contributed by atoms with E-state index in [0.717, 1.165) is 0 Å². The predicted molar refractivity (Wildman–Crippen MR) is 141 cm³/mol. The average molecular weight is 538 g/mol. The topological polar surface area (TPSA) is 153 Å². The molecule has 12 nitrogen and oxygen atoms in total. The Labute approximate surface area is 225 Å². The summed E-state index contributed by atoms with van der Waals surface area (Å²) in [6.07, 6.45) is 2.97. The largest absolute Gasteiger partial charge is 0.461 e. The third kappa shape index (κ3) is 7.48. The molecule has 0 radical (unpaired) electrons. The first kappa shape index (κ1) is 29.0. The number of pyridine rings is 1. The molecule has 1 aromatic heterocycles. The molecule has 39 heavy (non-hydrogen) atoms. The molecule has 0 aliphatic carbocycles. The summed E-state index contributed by atoms with van der Waals surface area (Å²) in [6, 6.07) is 8.99. The number of carbonyl (C=O) groups excluding carboxylic acids is 3. The van der Waals surface area contributed by atoms with Crippen LogP contribution < -0.4 is 10.6 Å². The molecule has 2 aromatic rings. The van der Waals surface area contributed by atoms with E-state index in [9.17, 15) is 24.5 Å². The first-order valence-electron chi connectivity index (χ1n) is 12.2. The average Bonchev–Trinajstić information content (AvgIpc) is 2.90. The Morgan fingerprint density at radius 1 is 1.05 bits per heavy atom. The van der Waals surface area contributed by atoms with Gasteiger partial charge in [0.15, 0.2) is 0 Å². The van der Waals surface area contributed by atoms with E-state index in [2.05, 4.69) is 15.6 Å². The van der Waals surface area contributed by atoms with Gasteiger partial charge in [0, 0.05) is 42.5 Å². The molecule has 12 heteroatoms. The fourth-order valence-corrected chi connectivity index (χ4v) is 4.07. The number of nitro benzene ring substituents is 1. The molecule has 0 saturated carbocycles. The Morgan fingerprint density at radius 3 is 2.31 bits per heavy atom. The van der Waals surface area contributed by atoms with Gasteiger partial charge in [-0.2, -0.15) is 0 Å². The molecule has 0 bridgehead atoms. The fraction of sp³-hybridized carbons (Fsp3) is 0.333. The van der Waals surface area contributed by atoms with Crippen molar-refractivity contribution in [2.45, 2.75) is 19.8 Å². The molecule has 1 aromatic carbocycles. The number of nitro groups is 1. The maximum atomic E-state index is 13.3. The lowest BCUT2D eigenvalue weighted by molar-refractivity contribution is -0.384. The van der Waals surface area contributed by atoms with E-state index in [4.69, 9.17) is 9.47 Å². The van der Waals surface area contributed by atoms with Gasteiger partial charge in [-0.25, -0.2) is 9.59 Å².